The molecule has 3 aromatic rings. The van der Waals surface area contributed by atoms with E-state index in [9.17, 15) is 8.42 Å². The fraction of sp³-hybridized carbons (Fsp3) is 0.455. The number of benzene rings is 2. The number of fused-ring (bicyclic) bond motifs is 1. The van der Waals surface area contributed by atoms with Crippen molar-refractivity contribution in [3.8, 4) is 0 Å². The molecule has 0 radical (unpaired) electrons. The zero-order chi connectivity index (χ0) is 21.4. The van der Waals surface area contributed by atoms with Gasteiger partial charge in [-0.3, -0.25) is 0 Å². The molecule has 1 saturated heterocycles. The molecular weight excluding hydrogens is 400 g/mol. The van der Waals surface area contributed by atoms with Gasteiger partial charge in [-0.1, -0.05) is 39.0 Å². The average Bonchev–Trinajstić information content (AvgIpc) is 3.20. The minimum Gasteiger partial charge on any atom is -0.317 e. The highest BCUT2D eigenvalue weighted by molar-refractivity contribution is 7.89. The van der Waals surface area contributed by atoms with Crippen LogP contribution in [0, 0.1) is 0 Å². The number of hydrogen-bond donors (Lipinski definition) is 1. The van der Waals surface area contributed by atoms with Crippen molar-refractivity contribution in [1.82, 2.24) is 19.9 Å². The second-order valence-electron chi connectivity index (χ2n) is 8.90. The molecule has 0 saturated carbocycles. The number of rotatable bonds is 5. The molecule has 2 heterocycles. The first-order valence-corrected chi connectivity index (χ1v) is 11.7. The van der Waals surface area contributed by atoms with E-state index in [0.29, 0.717) is 15.9 Å². The van der Waals surface area contributed by atoms with Crippen LogP contribution in [-0.4, -0.2) is 42.2 Å². The van der Waals surface area contributed by atoms with Gasteiger partial charge in [0.2, 0.25) is 10.0 Å². The minimum atomic E-state index is -3.68. The number of piperidine rings is 1. The second-order valence-corrected chi connectivity index (χ2v) is 10.8. The van der Waals surface area contributed by atoms with Crippen LogP contribution in [-0.2, 0) is 22.0 Å². The van der Waals surface area contributed by atoms with Crippen molar-refractivity contribution in [2.45, 2.75) is 56.5 Å². The summed E-state index contributed by atoms with van der Waals surface area (Å²) in [6.45, 7) is 8.17. The number of sulfonamides is 1. The SMILES string of the molecule is CC(C)(C)c1cccc(S(=O)(=O)N(Cc2ccc3nonc3c2)C2CCNCC2)c1. The van der Waals surface area contributed by atoms with Crippen LogP contribution in [0.1, 0.15) is 44.7 Å². The van der Waals surface area contributed by atoms with Gasteiger partial charge in [-0.15, -0.1) is 0 Å². The molecule has 2 aromatic carbocycles. The number of hydrogen-bond acceptors (Lipinski definition) is 6. The summed E-state index contributed by atoms with van der Waals surface area (Å²) in [4.78, 5) is 0.345. The van der Waals surface area contributed by atoms with Crippen molar-refractivity contribution in [2.75, 3.05) is 13.1 Å². The Hall–Kier alpha value is -2.29. The highest BCUT2D eigenvalue weighted by atomic mass is 32.2. The molecule has 0 aliphatic carbocycles. The Labute approximate surface area is 177 Å². The maximum atomic E-state index is 13.8. The van der Waals surface area contributed by atoms with Crippen LogP contribution < -0.4 is 5.32 Å². The Balaban J connectivity index is 1.72. The Morgan fingerprint density at radius 3 is 2.53 bits per heavy atom. The van der Waals surface area contributed by atoms with E-state index >= 15 is 0 Å². The monoisotopic (exact) mass is 428 g/mol. The van der Waals surface area contributed by atoms with E-state index in [-0.39, 0.29) is 18.0 Å². The van der Waals surface area contributed by atoms with E-state index in [1.165, 1.54) is 0 Å². The number of nitrogens with zero attached hydrogens (tertiary/aromatic N) is 3. The van der Waals surface area contributed by atoms with Gasteiger partial charge in [0.1, 0.15) is 11.0 Å². The lowest BCUT2D eigenvalue weighted by atomic mass is 9.87. The van der Waals surface area contributed by atoms with Crippen LogP contribution in [0.3, 0.4) is 0 Å². The predicted molar refractivity (Wildman–Crippen MR) is 116 cm³/mol. The molecule has 1 aliphatic rings. The average molecular weight is 429 g/mol. The summed E-state index contributed by atoms with van der Waals surface area (Å²) in [5.41, 5.74) is 3.03. The van der Waals surface area contributed by atoms with Crippen molar-refractivity contribution in [2.24, 2.45) is 0 Å². The van der Waals surface area contributed by atoms with Gasteiger partial charge in [-0.2, -0.15) is 4.31 Å². The third-order valence-corrected chi connectivity index (χ3v) is 7.57. The van der Waals surface area contributed by atoms with E-state index < -0.39 is 10.0 Å². The first-order valence-electron chi connectivity index (χ1n) is 10.3. The topological polar surface area (TPSA) is 88.3 Å². The molecule has 1 aromatic heterocycles. The largest absolute Gasteiger partial charge is 0.317 e. The van der Waals surface area contributed by atoms with Crippen LogP contribution in [0.15, 0.2) is 52.0 Å². The van der Waals surface area contributed by atoms with Crippen LogP contribution in [0.5, 0.6) is 0 Å². The molecule has 0 atom stereocenters. The lowest BCUT2D eigenvalue weighted by Gasteiger charge is -2.34. The molecule has 1 fully saturated rings. The first-order chi connectivity index (χ1) is 14.2. The van der Waals surface area contributed by atoms with Crippen molar-refractivity contribution in [3.63, 3.8) is 0 Å². The quantitative estimate of drug-likeness (QED) is 0.670. The number of nitrogens with one attached hydrogen (secondary N) is 1. The fourth-order valence-electron chi connectivity index (χ4n) is 3.87. The van der Waals surface area contributed by atoms with Gasteiger partial charge < -0.3 is 5.32 Å². The van der Waals surface area contributed by atoms with E-state index in [2.05, 4.69) is 36.4 Å². The minimum absolute atomic E-state index is 0.0549. The molecule has 30 heavy (non-hydrogen) atoms. The van der Waals surface area contributed by atoms with Crippen LogP contribution in [0.25, 0.3) is 11.0 Å². The molecule has 4 rings (SSSR count). The van der Waals surface area contributed by atoms with Gasteiger partial charge in [-0.25, -0.2) is 13.0 Å². The van der Waals surface area contributed by atoms with E-state index in [1.54, 1.807) is 10.4 Å². The molecule has 7 nitrogen and oxygen atoms in total. The smallest absolute Gasteiger partial charge is 0.243 e. The van der Waals surface area contributed by atoms with Gasteiger partial charge in [0, 0.05) is 12.6 Å². The van der Waals surface area contributed by atoms with E-state index in [1.807, 2.05) is 36.4 Å². The molecule has 1 aliphatic heterocycles. The van der Waals surface area contributed by atoms with Crippen LogP contribution >= 0.6 is 0 Å². The highest BCUT2D eigenvalue weighted by Crippen LogP contribution is 2.29. The molecule has 1 N–H and O–H groups in total. The Morgan fingerprint density at radius 1 is 1.07 bits per heavy atom. The maximum absolute atomic E-state index is 13.8. The zero-order valence-corrected chi connectivity index (χ0v) is 18.4. The lowest BCUT2D eigenvalue weighted by molar-refractivity contribution is 0.256. The van der Waals surface area contributed by atoms with Crippen molar-refractivity contribution < 1.29 is 13.0 Å². The molecule has 0 spiro atoms. The summed E-state index contributed by atoms with van der Waals surface area (Å²) in [5.74, 6) is 0. The predicted octanol–water partition coefficient (Wildman–Crippen LogP) is 3.46. The molecule has 8 heteroatoms. The molecular formula is C22H28N4O3S. The van der Waals surface area contributed by atoms with Gasteiger partial charge in [0.05, 0.1) is 4.90 Å². The summed E-state index contributed by atoms with van der Waals surface area (Å²) >= 11 is 0. The molecule has 0 unspecified atom stereocenters. The van der Waals surface area contributed by atoms with Crippen LogP contribution in [0.2, 0.25) is 0 Å². The first kappa shape index (κ1) is 21.0. The number of aromatic nitrogens is 2. The zero-order valence-electron chi connectivity index (χ0n) is 17.6. The maximum Gasteiger partial charge on any atom is 0.243 e. The van der Waals surface area contributed by atoms with Gasteiger partial charge in [0.15, 0.2) is 0 Å². The standard InChI is InChI=1S/C22H28N4O3S/c1-22(2,3)17-5-4-6-19(14-17)30(27,28)26(18-9-11-23-12-10-18)15-16-7-8-20-21(13-16)25-29-24-20/h4-8,13-14,18,23H,9-12,15H2,1-3H3. The van der Waals surface area contributed by atoms with Crippen molar-refractivity contribution in [1.29, 1.82) is 0 Å². The Morgan fingerprint density at radius 2 is 1.80 bits per heavy atom. The van der Waals surface area contributed by atoms with Gasteiger partial charge >= 0.3 is 0 Å². The summed E-state index contributed by atoms with van der Waals surface area (Å²) in [7, 11) is -3.68. The normalized spacial score (nSPS) is 16.4. The molecule has 0 bridgehead atoms. The lowest BCUT2D eigenvalue weighted by Crippen LogP contribution is -2.45. The summed E-state index contributed by atoms with van der Waals surface area (Å²) in [6.07, 6.45) is 1.57. The third kappa shape index (κ3) is 4.26. The van der Waals surface area contributed by atoms with E-state index in [0.717, 1.165) is 37.1 Å². The van der Waals surface area contributed by atoms with Gasteiger partial charge in [-0.05, 0) is 77.1 Å². The van der Waals surface area contributed by atoms with Crippen molar-refractivity contribution >= 4 is 21.1 Å². The fourth-order valence-corrected chi connectivity index (χ4v) is 5.59. The Kier molecular flexibility index (Phi) is 5.65. The summed E-state index contributed by atoms with van der Waals surface area (Å²) in [6, 6.07) is 12.8. The van der Waals surface area contributed by atoms with Crippen molar-refractivity contribution in [3.05, 3.63) is 53.6 Å². The highest BCUT2D eigenvalue weighted by Gasteiger charge is 2.33. The summed E-state index contributed by atoms with van der Waals surface area (Å²) < 4.78 is 34.0. The summed E-state index contributed by atoms with van der Waals surface area (Å²) in [5, 5.41) is 11.0. The molecule has 0 amide bonds. The Bertz CT molecular complexity index is 1130. The second kappa shape index (κ2) is 8.09. The van der Waals surface area contributed by atoms with E-state index in [4.69, 9.17) is 4.63 Å². The third-order valence-electron chi connectivity index (χ3n) is 5.68. The van der Waals surface area contributed by atoms with Gasteiger partial charge in [0.25, 0.3) is 0 Å². The molecule has 160 valence electrons. The van der Waals surface area contributed by atoms with Crippen LogP contribution in [0.4, 0.5) is 0 Å².